The van der Waals surface area contributed by atoms with E-state index in [-0.39, 0.29) is 24.2 Å². The van der Waals surface area contributed by atoms with Gasteiger partial charge in [-0.2, -0.15) is 0 Å². The summed E-state index contributed by atoms with van der Waals surface area (Å²) in [7, 11) is 0. The van der Waals surface area contributed by atoms with Gasteiger partial charge in [-0.25, -0.2) is 0 Å². The van der Waals surface area contributed by atoms with E-state index < -0.39 is 0 Å². The van der Waals surface area contributed by atoms with Crippen molar-refractivity contribution < 1.29 is 9.59 Å². The van der Waals surface area contributed by atoms with Crippen LogP contribution in [0.1, 0.15) is 46.5 Å². The van der Waals surface area contributed by atoms with Crippen molar-refractivity contribution in [3.8, 4) is 0 Å². The number of hydrogen-bond donors (Lipinski definition) is 4. The summed E-state index contributed by atoms with van der Waals surface area (Å²) in [6, 6.07) is 0. The van der Waals surface area contributed by atoms with Crippen molar-refractivity contribution in [1.29, 1.82) is 0 Å². The van der Waals surface area contributed by atoms with E-state index in [1.807, 2.05) is 20.8 Å². The molecular weight excluding hydrogens is 256 g/mol. The summed E-state index contributed by atoms with van der Waals surface area (Å²) in [5.41, 5.74) is 10.4. The first-order chi connectivity index (χ1) is 9.61. The minimum atomic E-state index is -0.201. The lowest BCUT2D eigenvalue weighted by Crippen LogP contribution is -2.35. The van der Waals surface area contributed by atoms with E-state index in [9.17, 15) is 9.59 Å². The summed E-state index contributed by atoms with van der Waals surface area (Å²) in [4.78, 5) is 21.8. The maximum Gasteiger partial charge on any atom is 0.220 e. The first-order valence-corrected chi connectivity index (χ1v) is 7.54. The quantitative estimate of drug-likeness (QED) is 0.306. The molecule has 6 N–H and O–H groups in total. The molecule has 1 atom stereocenters. The molecule has 120 valence electrons. The highest BCUT2D eigenvalue weighted by molar-refractivity contribution is 5.82. The van der Waals surface area contributed by atoms with Gasteiger partial charge in [0.05, 0.1) is 13.1 Å². The molecule has 0 aliphatic heterocycles. The molecule has 0 saturated heterocycles. The van der Waals surface area contributed by atoms with Crippen molar-refractivity contribution in [2.75, 3.05) is 26.3 Å². The molecular formula is C14H32N4O2. The van der Waals surface area contributed by atoms with Crippen LogP contribution in [0.25, 0.3) is 0 Å². The van der Waals surface area contributed by atoms with Crippen LogP contribution in [0.4, 0.5) is 0 Å². The molecule has 0 saturated carbocycles. The Bertz CT molecular complexity index is 247. The van der Waals surface area contributed by atoms with Gasteiger partial charge >= 0.3 is 0 Å². The number of rotatable bonds is 12. The predicted molar refractivity (Wildman–Crippen MR) is 83.1 cm³/mol. The molecule has 0 aromatic carbocycles. The molecule has 0 heterocycles. The molecule has 0 bridgehead atoms. The van der Waals surface area contributed by atoms with Crippen LogP contribution in [-0.2, 0) is 9.59 Å². The molecule has 0 rings (SSSR count). The molecule has 6 nitrogen and oxygen atoms in total. The lowest BCUT2D eigenvalue weighted by atomic mass is 9.99. The second-order valence-corrected chi connectivity index (χ2v) is 4.35. The van der Waals surface area contributed by atoms with Crippen LogP contribution in [-0.4, -0.2) is 38.0 Å². The average Bonchev–Trinajstić information content (AvgIpc) is 2.47. The molecule has 20 heavy (non-hydrogen) atoms. The molecule has 6 heteroatoms. The maximum atomic E-state index is 11.0. The summed E-state index contributed by atoms with van der Waals surface area (Å²) >= 11 is 0. The number of carbonyl (C=O) groups excluding carboxylic acids is 2. The summed E-state index contributed by atoms with van der Waals surface area (Å²) in [5.74, 6) is -0.193. The number of amides is 1. The molecule has 0 aromatic rings. The zero-order valence-corrected chi connectivity index (χ0v) is 13.2. The van der Waals surface area contributed by atoms with E-state index in [2.05, 4.69) is 10.6 Å². The number of hydrogen-bond acceptors (Lipinski definition) is 5. The van der Waals surface area contributed by atoms with Crippen LogP contribution < -0.4 is 22.1 Å². The Hall–Kier alpha value is -0.980. The van der Waals surface area contributed by atoms with Gasteiger partial charge in [-0.05, 0) is 25.8 Å². The van der Waals surface area contributed by atoms with Crippen LogP contribution in [0.15, 0.2) is 0 Å². The molecule has 0 unspecified atom stereocenters. The number of nitrogens with two attached hydrogens (primary N) is 2. The van der Waals surface area contributed by atoms with Crippen molar-refractivity contribution in [3.63, 3.8) is 0 Å². The highest BCUT2D eigenvalue weighted by atomic mass is 16.1. The Labute approximate surface area is 123 Å². The van der Waals surface area contributed by atoms with Crippen molar-refractivity contribution in [3.05, 3.63) is 0 Å². The number of nitrogens with one attached hydrogen (secondary N) is 2. The fourth-order valence-corrected chi connectivity index (χ4v) is 1.64. The number of Topliss-reactive ketones (excluding diaryl/α,β-unsaturated/α-hetero) is 1. The molecule has 0 aliphatic rings. The largest absolute Gasteiger partial charge is 0.369 e. The second-order valence-electron chi connectivity index (χ2n) is 4.35. The van der Waals surface area contributed by atoms with Gasteiger partial charge in [0.1, 0.15) is 0 Å². The van der Waals surface area contributed by atoms with E-state index >= 15 is 0 Å². The summed E-state index contributed by atoms with van der Waals surface area (Å²) < 4.78 is 0. The maximum absolute atomic E-state index is 11.0. The predicted octanol–water partition coefficient (Wildman–Crippen LogP) is 0.359. The van der Waals surface area contributed by atoms with Crippen LogP contribution >= 0.6 is 0 Å². The van der Waals surface area contributed by atoms with Crippen LogP contribution in [0.5, 0.6) is 0 Å². The van der Waals surface area contributed by atoms with E-state index in [0.29, 0.717) is 13.2 Å². The Balaban J connectivity index is 0. The normalized spacial score (nSPS) is 11.4. The summed E-state index contributed by atoms with van der Waals surface area (Å²) in [6.07, 6.45) is 3.64. The van der Waals surface area contributed by atoms with Gasteiger partial charge in [-0.1, -0.05) is 27.2 Å². The third kappa shape index (κ3) is 13.5. The highest BCUT2D eigenvalue weighted by Gasteiger charge is 2.11. The molecule has 0 radical (unpaired) electrons. The van der Waals surface area contributed by atoms with Crippen LogP contribution in [0.2, 0.25) is 0 Å². The average molecular weight is 288 g/mol. The fraction of sp³-hybridized carbons (Fsp3) is 0.857. The monoisotopic (exact) mass is 288 g/mol. The molecule has 0 aromatic heterocycles. The van der Waals surface area contributed by atoms with Gasteiger partial charge in [-0.3, -0.25) is 14.9 Å². The van der Waals surface area contributed by atoms with Gasteiger partial charge in [0.25, 0.3) is 0 Å². The summed E-state index contributed by atoms with van der Waals surface area (Å²) in [5, 5.41) is 6.12. The number of ketones is 1. The highest BCUT2D eigenvalue weighted by Crippen LogP contribution is 2.11. The Morgan fingerprint density at radius 3 is 2.30 bits per heavy atom. The number of unbranched alkanes of at least 4 members (excludes halogenated alkanes) is 1. The molecule has 1 amide bonds. The number of carbonyl (C=O) groups is 2. The first kappa shape index (κ1) is 21.3. The van der Waals surface area contributed by atoms with Gasteiger partial charge in [0.2, 0.25) is 5.91 Å². The Morgan fingerprint density at radius 2 is 1.80 bits per heavy atom. The third-order valence-corrected chi connectivity index (χ3v) is 2.85. The van der Waals surface area contributed by atoms with Gasteiger partial charge < -0.3 is 16.8 Å². The van der Waals surface area contributed by atoms with Crippen LogP contribution in [0, 0.1) is 5.92 Å². The molecule has 0 fully saturated rings. The lowest BCUT2D eigenvalue weighted by Gasteiger charge is -2.10. The lowest BCUT2D eigenvalue weighted by molar-refractivity contribution is -0.122. The SMILES string of the molecule is CC.CC[C@@H](CCCCNCNCC(=O)CN)C(N)=O. The van der Waals surface area contributed by atoms with E-state index in [1.54, 1.807) is 0 Å². The zero-order chi connectivity index (χ0) is 15.8. The van der Waals surface area contributed by atoms with Crippen LogP contribution in [0.3, 0.4) is 0 Å². The van der Waals surface area contributed by atoms with E-state index in [4.69, 9.17) is 11.5 Å². The topological polar surface area (TPSA) is 110 Å². The van der Waals surface area contributed by atoms with Crippen molar-refractivity contribution in [2.24, 2.45) is 17.4 Å². The van der Waals surface area contributed by atoms with Gasteiger partial charge in [-0.15, -0.1) is 0 Å². The fourth-order valence-electron chi connectivity index (χ4n) is 1.64. The van der Waals surface area contributed by atoms with E-state index in [0.717, 1.165) is 32.2 Å². The van der Waals surface area contributed by atoms with E-state index in [1.165, 1.54) is 0 Å². The Kier molecular flexibility index (Phi) is 17.1. The Morgan fingerprint density at radius 1 is 1.15 bits per heavy atom. The third-order valence-electron chi connectivity index (χ3n) is 2.85. The molecule has 0 aliphatic carbocycles. The standard InChI is InChI=1S/C12H26N4O2.C2H6/c1-2-10(12(14)18)5-3-4-6-15-9-16-8-11(17)7-13;1-2/h10,15-16H,2-9,13H2,1H3,(H2,14,18);1-2H3/t10-;/m0./s1. The smallest absolute Gasteiger partial charge is 0.220 e. The van der Waals surface area contributed by atoms with Crippen molar-refractivity contribution in [2.45, 2.75) is 46.5 Å². The second kappa shape index (κ2) is 16.1. The van der Waals surface area contributed by atoms with Gasteiger partial charge in [0, 0.05) is 12.6 Å². The number of primary amides is 1. The van der Waals surface area contributed by atoms with Crippen molar-refractivity contribution >= 4 is 11.7 Å². The molecule has 0 spiro atoms. The first-order valence-electron chi connectivity index (χ1n) is 7.54. The van der Waals surface area contributed by atoms with Crippen molar-refractivity contribution in [1.82, 2.24) is 10.6 Å². The zero-order valence-electron chi connectivity index (χ0n) is 13.2. The minimum absolute atomic E-state index is 0.00375. The minimum Gasteiger partial charge on any atom is -0.369 e. The summed E-state index contributed by atoms with van der Waals surface area (Å²) in [6.45, 7) is 7.82. The van der Waals surface area contributed by atoms with Gasteiger partial charge in [0.15, 0.2) is 5.78 Å².